The molecule has 0 fully saturated rings. The molecule has 1 aromatic rings. The Morgan fingerprint density at radius 3 is 1.63 bits per heavy atom. The van der Waals surface area contributed by atoms with Crippen molar-refractivity contribution in [3.05, 3.63) is 29.3 Å². The van der Waals surface area contributed by atoms with Gasteiger partial charge in [0.15, 0.2) is 0 Å². The Hall–Kier alpha value is -1.02. The number of rotatable bonds is 6. The highest BCUT2D eigenvalue weighted by Gasteiger charge is 2.10. The molecular weight excluding hydrogens is 232 g/mol. The van der Waals surface area contributed by atoms with E-state index >= 15 is 0 Å². The monoisotopic (exact) mass is 262 g/mol. The van der Waals surface area contributed by atoms with Crippen LogP contribution in [-0.2, 0) is 0 Å². The van der Waals surface area contributed by atoms with Gasteiger partial charge in [-0.1, -0.05) is 33.8 Å². The number of nitrogens with zero attached hydrogens (tertiary/aromatic N) is 2. The van der Waals surface area contributed by atoms with Crippen molar-refractivity contribution < 1.29 is 0 Å². The molecule has 0 aliphatic rings. The normalized spacial score (nSPS) is 11.7. The molecule has 0 aliphatic carbocycles. The average molecular weight is 262 g/mol. The molecule has 0 saturated heterocycles. The van der Waals surface area contributed by atoms with Crippen LogP contribution in [0.5, 0.6) is 0 Å². The summed E-state index contributed by atoms with van der Waals surface area (Å²) in [4.78, 5) is 4.59. The first-order chi connectivity index (χ1) is 8.81. The molecule has 0 unspecified atom stereocenters. The summed E-state index contributed by atoms with van der Waals surface area (Å²) < 4.78 is 0. The Bertz CT molecular complexity index is 368. The van der Waals surface area contributed by atoms with E-state index in [-0.39, 0.29) is 0 Å². The second kappa shape index (κ2) is 6.95. The van der Waals surface area contributed by atoms with E-state index in [1.165, 1.54) is 16.8 Å². The lowest BCUT2D eigenvalue weighted by Crippen LogP contribution is -2.28. The van der Waals surface area contributed by atoms with Gasteiger partial charge >= 0.3 is 0 Å². The van der Waals surface area contributed by atoms with Crippen LogP contribution in [0.3, 0.4) is 0 Å². The maximum Gasteiger partial charge on any atom is 0.0369 e. The van der Waals surface area contributed by atoms with Gasteiger partial charge in [-0.3, -0.25) is 0 Å². The smallest absolute Gasteiger partial charge is 0.0369 e. The highest BCUT2D eigenvalue weighted by molar-refractivity contribution is 5.52. The van der Waals surface area contributed by atoms with Gasteiger partial charge in [0, 0.05) is 25.8 Å². The third kappa shape index (κ3) is 4.87. The molecule has 1 aromatic carbocycles. The van der Waals surface area contributed by atoms with Gasteiger partial charge in [0.2, 0.25) is 0 Å². The molecule has 0 atom stereocenters. The van der Waals surface area contributed by atoms with Crippen LogP contribution in [0.4, 0.5) is 5.69 Å². The molecule has 0 aromatic heterocycles. The van der Waals surface area contributed by atoms with E-state index in [4.69, 9.17) is 0 Å². The SMILES string of the molecule is CC(C)c1cc(C(C)C)cc(N(C)CCN(C)C)c1. The van der Waals surface area contributed by atoms with Gasteiger partial charge in [-0.15, -0.1) is 0 Å². The molecule has 0 bridgehead atoms. The molecule has 2 heteroatoms. The van der Waals surface area contributed by atoms with Crippen LogP contribution in [0.25, 0.3) is 0 Å². The summed E-state index contributed by atoms with van der Waals surface area (Å²) in [6, 6.07) is 7.04. The molecule has 0 spiro atoms. The van der Waals surface area contributed by atoms with E-state index in [0.717, 1.165) is 13.1 Å². The van der Waals surface area contributed by atoms with E-state index in [1.54, 1.807) is 0 Å². The van der Waals surface area contributed by atoms with Crippen LogP contribution < -0.4 is 4.90 Å². The van der Waals surface area contributed by atoms with Gasteiger partial charge in [-0.2, -0.15) is 0 Å². The van der Waals surface area contributed by atoms with Crippen LogP contribution in [0.1, 0.15) is 50.7 Å². The third-order valence-electron chi connectivity index (χ3n) is 3.62. The van der Waals surface area contributed by atoms with E-state index in [0.29, 0.717) is 11.8 Å². The lowest BCUT2D eigenvalue weighted by atomic mass is 9.94. The van der Waals surface area contributed by atoms with E-state index in [1.807, 2.05) is 0 Å². The van der Waals surface area contributed by atoms with Crippen molar-refractivity contribution in [2.24, 2.45) is 0 Å². The van der Waals surface area contributed by atoms with Crippen LogP contribution in [0.15, 0.2) is 18.2 Å². The molecule has 0 N–H and O–H groups in total. The number of anilines is 1. The van der Waals surface area contributed by atoms with Crippen molar-refractivity contribution >= 4 is 5.69 Å². The van der Waals surface area contributed by atoms with Gasteiger partial charge < -0.3 is 9.80 Å². The first kappa shape index (κ1) is 16.0. The second-order valence-electron chi connectivity index (χ2n) is 6.39. The molecule has 0 saturated carbocycles. The molecule has 1 rings (SSSR count). The minimum Gasteiger partial charge on any atom is -0.373 e. The summed E-state index contributed by atoms with van der Waals surface area (Å²) in [5, 5.41) is 0. The molecule has 0 aliphatic heterocycles. The van der Waals surface area contributed by atoms with Crippen molar-refractivity contribution in [1.82, 2.24) is 4.90 Å². The summed E-state index contributed by atoms with van der Waals surface area (Å²) in [6.45, 7) is 11.2. The Labute approximate surface area is 119 Å². The number of benzene rings is 1. The Morgan fingerprint density at radius 1 is 0.789 bits per heavy atom. The van der Waals surface area contributed by atoms with Gasteiger partial charge in [0.25, 0.3) is 0 Å². The molecule has 108 valence electrons. The fraction of sp³-hybridized carbons (Fsp3) is 0.647. The van der Waals surface area contributed by atoms with Crippen LogP contribution in [0, 0.1) is 0 Å². The summed E-state index contributed by atoms with van der Waals surface area (Å²) in [5.74, 6) is 1.17. The molecule has 0 radical (unpaired) electrons. The quantitative estimate of drug-likeness (QED) is 0.766. The predicted octanol–water partition coefficient (Wildman–Crippen LogP) is 3.93. The zero-order chi connectivity index (χ0) is 14.6. The summed E-state index contributed by atoms with van der Waals surface area (Å²) in [7, 11) is 6.43. The van der Waals surface area contributed by atoms with Crippen molar-refractivity contribution in [2.75, 3.05) is 39.1 Å². The lowest BCUT2D eigenvalue weighted by Gasteiger charge is -2.24. The molecule has 2 nitrogen and oxygen atoms in total. The van der Waals surface area contributed by atoms with E-state index in [9.17, 15) is 0 Å². The van der Waals surface area contributed by atoms with Crippen LogP contribution in [-0.4, -0.2) is 39.1 Å². The highest BCUT2D eigenvalue weighted by Crippen LogP contribution is 2.27. The maximum atomic E-state index is 2.36. The van der Waals surface area contributed by atoms with Gasteiger partial charge in [0.05, 0.1) is 0 Å². The standard InChI is InChI=1S/C17H30N2/c1-13(2)15-10-16(14(3)4)12-17(11-15)19(7)9-8-18(5)6/h10-14H,8-9H2,1-7H3. The summed E-state index contributed by atoms with van der Waals surface area (Å²) >= 11 is 0. The Balaban J connectivity index is 2.98. The zero-order valence-corrected chi connectivity index (χ0v) is 13.7. The second-order valence-corrected chi connectivity index (χ2v) is 6.39. The number of hydrogen-bond donors (Lipinski definition) is 0. The Kier molecular flexibility index (Phi) is 5.86. The third-order valence-corrected chi connectivity index (χ3v) is 3.62. The van der Waals surface area contributed by atoms with Crippen LogP contribution in [0.2, 0.25) is 0 Å². The zero-order valence-electron chi connectivity index (χ0n) is 13.7. The topological polar surface area (TPSA) is 6.48 Å². The average Bonchev–Trinajstić information content (AvgIpc) is 2.35. The minimum atomic E-state index is 0.583. The van der Waals surface area contributed by atoms with Gasteiger partial charge in [-0.25, -0.2) is 0 Å². The van der Waals surface area contributed by atoms with Gasteiger partial charge in [0.1, 0.15) is 0 Å². The van der Waals surface area contributed by atoms with Crippen molar-refractivity contribution in [3.63, 3.8) is 0 Å². The molecule has 0 heterocycles. The highest BCUT2D eigenvalue weighted by atomic mass is 15.1. The van der Waals surface area contributed by atoms with Crippen molar-refractivity contribution in [1.29, 1.82) is 0 Å². The van der Waals surface area contributed by atoms with Crippen molar-refractivity contribution in [3.8, 4) is 0 Å². The lowest BCUT2D eigenvalue weighted by molar-refractivity contribution is 0.416. The fourth-order valence-electron chi connectivity index (χ4n) is 2.03. The number of likely N-dealkylation sites (N-methyl/N-ethyl adjacent to an activating group) is 2. The molecule has 19 heavy (non-hydrogen) atoms. The predicted molar refractivity (Wildman–Crippen MR) is 86.4 cm³/mol. The molecular formula is C17H30N2. The first-order valence-corrected chi connectivity index (χ1v) is 7.32. The van der Waals surface area contributed by atoms with Gasteiger partial charge in [-0.05, 0) is 49.2 Å². The summed E-state index contributed by atoms with van der Waals surface area (Å²) in [5.41, 5.74) is 4.23. The maximum absolute atomic E-state index is 2.36. The Morgan fingerprint density at radius 2 is 1.26 bits per heavy atom. The summed E-state index contributed by atoms with van der Waals surface area (Å²) in [6.07, 6.45) is 0. The fourth-order valence-corrected chi connectivity index (χ4v) is 2.03. The van der Waals surface area contributed by atoms with Crippen molar-refractivity contribution in [2.45, 2.75) is 39.5 Å². The first-order valence-electron chi connectivity index (χ1n) is 7.32. The van der Waals surface area contributed by atoms with E-state index < -0.39 is 0 Å². The minimum absolute atomic E-state index is 0.583. The van der Waals surface area contributed by atoms with E-state index in [2.05, 4.69) is 76.8 Å². The van der Waals surface area contributed by atoms with Crippen LogP contribution >= 0.6 is 0 Å². The molecule has 0 amide bonds. The largest absolute Gasteiger partial charge is 0.373 e. The number of hydrogen-bond acceptors (Lipinski definition) is 2.